The number of nitrogens with zero attached hydrogens (tertiary/aromatic N) is 1. The van der Waals surface area contributed by atoms with E-state index in [1.54, 1.807) is 31.2 Å². The van der Waals surface area contributed by atoms with Crippen molar-refractivity contribution in [3.63, 3.8) is 0 Å². The summed E-state index contributed by atoms with van der Waals surface area (Å²) < 4.78 is 13.1. The molecule has 9 heteroatoms. The lowest BCUT2D eigenvalue weighted by Gasteiger charge is -2.18. The number of nitro groups is 1. The van der Waals surface area contributed by atoms with E-state index in [1.165, 1.54) is 54.2 Å². The van der Waals surface area contributed by atoms with Gasteiger partial charge in [-0.2, -0.15) is 0 Å². The molecular formula is C28H22FN3O4S. The molecule has 2 amide bonds. The third-order valence-electron chi connectivity index (χ3n) is 5.49. The Labute approximate surface area is 216 Å². The fourth-order valence-corrected chi connectivity index (χ4v) is 4.58. The molecule has 37 heavy (non-hydrogen) atoms. The Kier molecular flexibility index (Phi) is 7.95. The molecule has 7 nitrogen and oxygen atoms in total. The van der Waals surface area contributed by atoms with Crippen molar-refractivity contribution in [1.82, 2.24) is 0 Å². The van der Waals surface area contributed by atoms with Crippen molar-refractivity contribution in [3.05, 3.63) is 130 Å². The van der Waals surface area contributed by atoms with E-state index in [0.717, 1.165) is 10.5 Å². The predicted molar refractivity (Wildman–Crippen MR) is 142 cm³/mol. The molecule has 0 fully saturated rings. The smallest absolute Gasteiger partial charge is 0.269 e. The Bertz CT molecular complexity index is 1430. The predicted octanol–water partition coefficient (Wildman–Crippen LogP) is 6.77. The quantitative estimate of drug-likeness (QED) is 0.153. The number of thioether (sulfide) groups is 1. The summed E-state index contributed by atoms with van der Waals surface area (Å²) in [5.74, 6) is -1.05. The summed E-state index contributed by atoms with van der Waals surface area (Å²) in [6.07, 6.45) is 0. The van der Waals surface area contributed by atoms with Crippen molar-refractivity contribution in [3.8, 4) is 0 Å². The van der Waals surface area contributed by atoms with Crippen molar-refractivity contribution in [2.45, 2.75) is 17.1 Å². The van der Waals surface area contributed by atoms with Crippen LogP contribution in [0.3, 0.4) is 0 Å². The number of anilines is 2. The van der Waals surface area contributed by atoms with Crippen molar-refractivity contribution in [2.24, 2.45) is 0 Å². The van der Waals surface area contributed by atoms with Gasteiger partial charge in [0.25, 0.3) is 11.6 Å². The SMILES string of the molecule is Cc1cc([N+](=O)[O-])ccc1NC(=O)C(Sc1ccc(NC(=O)c2ccc(F)cc2)cc1)c1ccccc1. The van der Waals surface area contributed by atoms with Crippen molar-refractivity contribution in [2.75, 3.05) is 10.6 Å². The van der Waals surface area contributed by atoms with E-state index in [9.17, 15) is 24.1 Å². The van der Waals surface area contributed by atoms with Crippen LogP contribution in [0.15, 0.2) is 102 Å². The molecule has 2 N–H and O–H groups in total. The molecular weight excluding hydrogens is 493 g/mol. The maximum atomic E-state index is 13.3. The lowest BCUT2D eigenvalue weighted by Crippen LogP contribution is -2.19. The van der Waals surface area contributed by atoms with E-state index in [-0.39, 0.29) is 17.5 Å². The highest BCUT2D eigenvalue weighted by Crippen LogP contribution is 2.37. The minimum atomic E-state index is -0.601. The molecule has 4 aromatic rings. The highest BCUT2D eigenvalue weighted by molar-refractivity contribution is 8.00. The maximum absolute atomic E-state index is 13.3. The monoisotopic (exact) mass is 515 g/mol. The molecule has 1 atom stereocenters. The maximum Gasteiger partial charge on any atom is 0.269 e. The largest absolute Gasteiger partial charge is 0.325 e. The molecule has 4 aromatic carbocycles. The molecule has 0 bridgehead atoms. The van der Waals surface area contributed by atoms with Crippen LogP contribution < -0.4 is 10.6 Å². The second-order valence-corrected chi connectivity index (χ2v) is 9.32. The molecule has 0 heterocycles. The zero-order valence-electron chi connectivity index (χ0n) is 19.7. The molecule has 186 valence electrons. The first-order valence-corrected chi connectivity index (χ1v) is 12.1. The van der Waals surface area contributed by atoms with Crippen LogP contribution in [0.2, 0.25) is 0 Å². The van der Waals surface area contributed by atoms with Crippen LogP contribution in [0, 0.1) is 22.9 Å². The Morgan fingerprint density at radius 1 is 0.892 bits per heavy atom. The Morgan fingerprint density at radius 2 is 1.57 bits per heavy atom. The third-order valence-corrected chi connectivity index (χ3v) is 6.76. The standard InChI is InChI=1S/C28H22FN3O4S/c1-18-17-23(32(35)36)13-16-25(18)31-28(34)26(19-5-3-2-4-6-19)37-24-14-11-22(12-15-24)30-27(33)20-7-9-21(29)10-8-20/h2-17,26H,1H3,(H,30,33)(H,31,34). The van der Waals surface area contributed by atoms with Gasteiger partial charge >= 0.3 is 0 Å². The van der Waals surface area contributed by atoms with Gasteiger partial charge in [-0.25, -0.2) is 4.39 Å². The minimum absolute atomic E-state index is 0.0453. The fourth-order valence-electron chi connectivity index (χ4n) is 3.56. The first-order chi connectivity index (χ1) is 17.8. The lowest BCUT2D eigenvalue weighted by atomic mass is 10.1. The summed E-state index contributed by atoms with van der Waals surface area (Å²) in [6, 6.07) is 25.9. The zero-order valence-corrected chi connectivity index (χ0v) is 20.5. The van der Waals surface area contributed by atoms with Crippen molar-refractivity contribution in [1.29, 1.82) is 0 Å². The number of hydrogen-bond donors (Lipinski definition) is 2. The van der Waals surface area contributed by atoms with E-state index < -0.39 is 16.0 Å². The summed E-state index contributed by atoms with van der Waals surface area (Å²) in [5, 5.41) is 16.1. The summed E-state index contributed by atoms with van der Waals surface area (Å²) >= 11 is 1.33. The zero-order chi connectivity index (χ0) is 26.4. The number of carbonyl (C=O) groups is 2. The van der Waals surface area contributed by atoms with Gasteiger partial charge in [0.2, 0.25) is 5.91 Å². The molecule has 0 spiro atoms. The molecule has 0 aliphatic heterocycles. The van der Waals surface area contributed by atoms with Gasteiger partial charge in [-0.3, -0.25) is 19.7 Å². The second kappa shape index (κ2) is 11.5. The van der Waals surface area contributed by atoms with Crippen LogP contribution in [0.4, 0.5) is 21.5 Å². The van der Waals surface area contributed by atoms with Gasteiger partial charge in [0.15, 0.2) is 0 Å². The summed E-state index contributed by atoms with van der Waals surface area (Å²) in [7, 11) is 0. The summed E-state index contributed by atoms with van der Waals surface area (Å²) in [5.41, 5.74) is 2.72. The first-order valence-electron chi connectivity index (χ1n) is 11.2. The van der Waals surface area contributed by atoms with Gasteiger partial charge in [0, 0.05) is 34.0 Å². The normalized spacial score (nSPS) is 11.4. The average molecular weight is 516 g/mol. The van der Waals surface area contributed by atoms with E-state index in [2.05, 4.69) is 10.6 Å². The van der Waals surface area contributed by atoms with Crippen molar-refractivity contribution >= 4 is 40.6 Å². The fraction of sp³-hybridized carbons (Fsp3) is 0.0714. The third kappa shape index (κ3) is 6.59. The first kappa shape index (κ1) is 25.6. The number of halogens is 1. The highest BCUT2D eigenvalue weighted by Gasteiger charge is 2.23. The number of non-ortho nitro benzene ring substituents is 1. The summed E-state index contributed by atoms with van der Waals surface area (Å²) in [4.78, 5) is 37.1. The van der Waals surface area contributed by atoms with Crippen LogP contribution in [0.1, 0.15) is 26.7 Å². The second-order valence-electron chi connectivity index (χ2n) is 8.14. The molecule has 4 rings (SSSR count). The van der Waals surface area contributed by atoms with E-state index >= 15 is 0 Å². The van der Waals surface area contributed by atoms with E-state index in [0.29, 0.717) is 22.5 Å². The van der Waals surface area contributed by atoms with Crippen molar-refractivity contribution < 1.29 is 18.9 Å². The number of nitrogens with one attached hydrogen (secondary N) is 2. The van der Waals surface area contributed by atoms with Crippen LogP contribution in [0.25, 0.3) is 0 Å². The number of nitro benzene ring substituents is 1. The average Bonchev–Trinajstić information content (AvgIpc) is 2.90. The van der Waals surface area contributed by atoms with Gasteiger partial charge < -0.3 is 10.6 Å². The topological polar surface area (TPSA) is 101 Å². The highest BCUT2D eigenvalue weighted by atomic mass is 32.2. The number of amides is 2. The molecule has 0 aliphatic rings. The molecule has 0 saturated heterocycles. The minimum Gasteiger partial charge on any atom is -0.325 e. The van der Waals surface area contributed by atoms with Crippen LogP contribution in [0.5, 0.6) is 0 Å². The Balaban J connectivity index is 1.50. The Hall–Kier alpha value is -4.50. The van der Waals surface area contributed by atoms with Gasteiger partial charge in [0.1, 0.15) is 11.1 Å². The molecule has 0 aliphatic carbocycles. The molecule has 0 aromatic heterocycles. The van der Waals surface area contributed by atoms with Crippen LogP contribution in [-0.4, -0.2) is 16.7 Å². The Morgan fingerprint density at radius 3 is 2.19 bits per heavy atom. The molecule has 0 saturated carbocycles. The summed E-state index contributed by atoms with van der Waals surface area (Å²) in [6.45, 7) is 1.70. The molecule has 1 unspecified atom stereocenters. The van der Waals surface area contributed by atoms with Crippen LogP contribution >= 0.6 is 11.8 Å². The number of benzene rings is 4. The van der Waals surface area contributed by atoms with Gasteiger partial charge in [-0.1, -0.05) is 30.3 Å². The van der Waals surface area contributed by atoms with E-state index in [4.69, 9.17) is 0 Å². The van der Waals surface area contributed by atoms with Gasteiger partial charge in [-0.05, 0) is 72.6 Å². The lowest BCUT2D eigenvalue weighted by molar-refractivity contribution is -0.384. The number of aryl methyl sites for hydroxylation is 1. The molecule has 0 radical (unpaired) electrons. The van der Waals surface area contributed by atoms with Gasteiger partial charge in [-0.15, -0.1) is 11.8 Å². The van der Waals surface area contributed by atoms with Gasteiger partial charge in [0.05, 0.1) is 4.92 Å². The number of carbonyl (C=O) groups excluding carboxylic acids is 2. The van der Waals surface area contributed by atoms with Crippen LogP contribution in [-0.2, 0) is 4.79 Å². The number of rotatable bonds is 8. The van der Waals surface area contributed by atoms with E-state index in [1.807, 2.05) is 30.3 Å². The number of hydrogen-bond acceptors (Lipinski definition) is 5.